The van der Waals surface area contributed by atoms with Gasteiger partial charge in [0.2, 0.25) is 0 Å². The molecule has 0 aliphatic heterocycles. The predicted octanol–water partition coefficient (Wildman–Crippen LogP) is 3.02. The molecule has 1 aromatic carbocycles. The third kappa shape index (κ3) is 4.19. The Balaban J connectivity index is 2.13. The molecule has 0 spiro atoms. The van der Waals surface area contributed by atoms with Crippen LogP contribution in [0.4, 0.5) is 0 Å². The third-order valence-electron chi connectivity index (χ3n) is 2.09. The molecule has 0 amide bonds. The first-order chi connectivity index (χ1) is 6.83. The SMILES string of the molecule is CCC(=N)CCOCc1ccccc1. The normalized spacial score (nSPS) is 10.1. The zero-order valence-corrected chi connectivity index (χ0v) is 8.62. The molecule has 0 aliphatic carbocycles. The van der Waals surface area contributed by atoms with Crippen molar-refractivity contribution in [2.45, 2.75) is 26.4 Å². The molecule has 0 unspecified atom stereocenters. The molecule has 0 aromatic heterocycles. The summed E-state index contributed by atoms with van der Waals surface area (Å²) in [6.45, 7) is 3.30. The maximum Gasteiger partial charge on any atom is 0.0717 e. The van der Waals surface area contributed by atoms with Gasteiger partial charge < -0.3 is 10.1 Å². The van der Waals surface area contributed by atoms with Gasteiger partial charge in [0, 0.05) is 12.1 Å². The van der Waals surface area contributed by atoms with Gasteiger partial charge in [-0.25, -0.2) is 0 Å². The molecule has 1 aromatic rings. The van der Waals surface area contributed by atoms with Gasteiger partial charge in [-0.15, -0.1) is 0 Å². The van der Waals surface area contributed by atoms with Gasteiger partial charge in [0.05, 0.1) is 13.2 Å². The molecule has 14 heavy (non-hydrogen) atoms. The molecule has 76 valence electrons. The van der Waals surface area contributed by atoms with Crippen molar-refractivity contribution in [1.82, 2.24) is 0 Å². The lowest BCUT2D eigenvalue weighted by Gasteiger charge is -2.04. The van der Waals surface area contributed by atoms with Crippen molar-refractivity contribution in [2.75, 3.05) is 6.61 Å². The van der Waals surface area contributed by atoms with Gasteiger partial charge >= 0.3 is 0 Å². The highest BCUT2D eigenvalue weighted by Crippen LogP contribution is 2.01. The van der Waals surface area contributed by atoms with E-state index in [4.69, 9.17) is 10.1 Å². The molecule has 0 bridgehead atoms. The molecule has 0 fully saturated rings. The van der Waals surface area contributed by atoms with Crippen LogP contribution in [0.3, 0.4) is 0 Å². The smallest absolute Gasteiger partial charge is 0.0717 e. The topological polar surface area (TPSA) is 33.1 Å². The van der Waals surface area contributed by atoms with Gasteiger partial charge in [0.1, 0.15) is 0 Å². The molecule has 0 aliphatic rings. The highest BCUT2D eigenvalue weighted by Gasteiger charge is 1.94. The van der Waals surface area contributed by atoms with E-state index in [1.165, 1.54) is 5.56 Å². The predicted molar refractivity (Wildman–Crippen MR) is 58.7 cm³/mol. The van der Waals surface area contributed by atoms with E-state index < -0.39 is 0 Å². The van der Waals surface area contributed by atoms with E-state index in [0.29, 0.717) is 13.2 Å². The first kappa shape index (κ1) is 10.9. The Morgan fingerprint density at radius 1 is 1.29 bits per heavy atom. The van der Waals surface area contributed by atoms with E-state index in [0.717, 1.165) is 18.6 Å². The highest BCUT2D eigenvalue weighted by atomic mass is 16.5. The summed E-state index contributed by atoms with van der Waals surface area (Å²) < 4.78 is 5.45. The molecule has 1 rings (SSSR count). The summed E-state index contributed by atoms with van der Waals surface area (Å²) in [5.74, 6) is 0. The summed E-state index contributed by atoms with van der Waals surface area (Å²) in [5, 5.41) is 7.44. The molecule has 0 heterocycles. The van der Waals surface area contributed by atoms with Gasteiger partial charge in [-0.05, 0) is 12.0 Å². The fourth-order valence-electron chi connectivity index (χ4n) is 1.14. The zero-order valence-electron chi connectivity index (χ0n) is 8.62. The molecule has 0 saturated carbocycles. The van der Waals surface area contributed by atoms with Crippen LogP contribution in [0.1, 0.15) is 25.3 Å². The van der Waals surface area contributed by atoms with E-state index in [1.54, 1.807) is 0 Å². The van der Waals surface area contributed by atoms with Crippen molar-refractivity contribution >= 4 is 5.71 Å². The van der Waals surface area contributed by atoms with Gasteiger partial charge in [0.15, 0.2) is 0 Å². The summed E-state index contributed by atoms with van der Waals surface area (Å²) in [5.41, 5.74) is 1.95. The molecule has 0 saturated heterocycles. The number of rotatable bonds is 6. The Morgan fingerprint density at radius 3 is 2.64 bits per heavy atom. The average molecular weight is 191 g/mol. The van der Waals surface area contributed by atoms with Crippen LogP contribution < -0.4 is 0 Å². The molecular formula is C12H17NO. The first-order valence-corrected chi connectivity index (χ1v) is 5.01. The van der Waals surface area contributed by atoms with E-state index in [-0.39, 0.29) is 0 Å². The van der Waals surface area contributed by atoms with Gasteiger partial charge in [-0.2, -0.15) is 0 Å². The first-order valence-electron chi connectivity index (χ1n) is 5.01. The van der Waals surface area contributed by atoms with Crippen molar-refractivity contribution in [1.29, 1.82) is 5.41 Å². The number of ether oxygens (including phenoxy) is 1. The fraction of sp³-hybridized carbons (Fsp3) is 0.417. The second kappa shape index (κ2) is 6.33. The molecule has 2 nitrogen and oxygen atoms in total. The maximum absolute atomic E-state index is 7.44. The Kier molecular flexibility index (Phi) is 4.94. The number of hydrogen-bond acceptors (Lipinski definition) is 2. The minimum Gasteiger partial charge on any atom is -0.376 e. The molecule has 0 radical (unpaired) electrons. The Bertz CT molecular complexity index is 269. The summed E-state index contributed by atoms with van der Waals surface area (Å²) in [6, 6.07) is 10.1. The molecular weight excluding hydrogens is 174 g/mol. The molecule has 2 heteroatoms. The number of nitrogens with one attached hydrogen (secondary N) is 1. The third-order valence-corrected chi connectivity index (χ3v) is 2.09. The average Bonchev–Trinajstić information content (AvgIpc) is 2.25. The summed E-state index contributed by atoms with van der Waals surface area (Å²) >= 11 is 0. The van der Waals surface area contributed by atoms with Gasteiger partial charge in [-0.1, -0.05) is 37.3 Å². The summed E-state index contributed by atoms with van der Waals surface area (Å²) in [4.78, 5) is 0. The van der Waals surface area contributed by atoms with E-state index in [2.05, 4.69) is 0 Å². The van der Waals surface area contributed by atoms with Crippen LogP contribution in [0, 0.1) is 5.41 Å². The number of hydrogen-bond donors (Lipinski definition) is 1. The van der Waals surface area contributed by atoms with E-state index in [9.17, 15) is 0 Å². The second-order valence-electron chi connectivity index (χ2n) is 3.25. The molecule has 1 N–H and O–H groups in total. The van der Waals surface area contributed by atoms with Crippen molar-refractivity contribution in [3.8, 4) is 0 Å². The highest BCUT2D eigenvalue weighted by molar-refractivity contribution is 5.80. The van der Waals surface area contributed by atoms with Crippen LogP contribution in [0.5, 0.6) is 0 Å². The minimum atomic E-state index is 0.651. The van der Waals surface area contributed by atoms with Crippen molar-refractivity contribution < 1.29 is 4.74 Å². The quantitative estimate of drug-likeness (QED) is 0.544. The van der Waals surface area contributed by atoms with Crippen LogP contribution in [0.25, 0.3) is 0 Å². The lowest BCUT2D eigenvalue weighted by atomic mass is 10.2. The summed E-state index contributed by atoms with van der Waals surface area (Å²) in [6.07, 6.45) is 1.58. The minimum absolute atomic E-state index is 0.651. The van der Waals surface area contributed by atoms with Crippen molar-refractivity contribution in [3.05, 3.63) is 35.9 Å². The Morgan fingerprint density at radius 2 is 2.00 bits per heavy atom. The second-order valence-corrected chi connectivity index (χ2v) is 3.25. The van der Waals surface area contributed by atoms with Crippen LogP contribution in [-0.4, -0.2) is 12.3 Å². The van der Waals surface area contributed by atoms with E-state index >= 15 is 0 Å². The Labute approximate surface area is 85.4 Å². The van der Waals surface area contributed by atoms with Crippen molar-refractivity contribution in [3.63, 3.8) is 0 Å². The monoisotopic (exact) mass is 191 g/mol. The summed E-state index contributed by atoms with van der Waals surface area (Å²) in [7, 11) is 0. The number of benzene rings is 1. The van der Waals surface area contributed by atoms with Gasteiger partial charge in [0.25, 0.3) is 0 Å². The van der Waals surface area contributed by atoms with Crippen molar-refractivity contribution in [2.24, 2.45) is 0 Å². The maximum atomic E-state index is 7.44. The lowest BCUT2D eigenvalue weighted by molar-refractivity contribution is 0.127. The zero-order chi connectivity index (χ0) is 10.2. The lowest BCUT2D eigenvalue weighted by Crippen LogP contribution is -2.02. The van der Waals surface area contributed by atoms with E-state index in [1.807, 2.05) is 37.3 Å². The van der Waals surface area contributed by atoms with Crippen LogP contribution in [0.2, 0.25) is 0 Å². The fourth-order valence-corrected chi connectivity index (χ4v) is 1.14. The van der Waals surface area contributed by atoms with Crippen LogP contribution in [0.15, 0.2) is 30.3 Å². The Hall–Kier alpha value is -1.15. The largest absolute Gasteiger partial charge is 0.376 e. The van der Waals surface area contributed by atoms with Crippen LogP contribution in [-0.2, 0) is 11.3 Å². The standard InChI is InChI=1S/C12H17NO/c1-2-12(13)8-9-14-10-11-6-4-3-5-7-11/h3-7,13H,2,8-10H2,1H3. The van der Waals surface area contributed by atoms with Crippen LogP contribution >= 0.6 is 0 Å². The molecule has 0 atom stereocenters. The van der Waals surface area contributed by atoms with Gasteiger partial charge in [-0.3, -0.25) is 0 Å².